The van der Waals surface area contributed by atoms with Crippen molar-refractivity contribution in [1.82, 2.24) is 0 Å². The van der Waals surface area contributed by atoms with Gasteiger partial charge in [0.05, 0.1) is 139 Å². The van der Waals surface area contributed by atoms with Crippen LogP contribution in [0, 0.1) is 0 Å². The molecule has 0 aliphatic carbocycles. The topological polar surface area (TPSA) is 165 Å². The highest BCUT2D eigenvalue weighted by molar-refractivity contribution is 5.69. The number of ether oxygens (including phenoxy) is 12. The Kier molecular flexibility index (Phi) is 36.4. The van der Waals surface area contributed by atoms with Crippen molar-refractivity contribution in [2.24, 2.45) is 0 Å². The number of carboxylic acids is 1. The number of unbranched alkanes of at least 4 members (excludes halogenated alkanes) is 1. The zero-order valence-corrected chi connectivity index (χ0v) is 26.5. The fraction of sp³-hybridized carbons (Fsp3) is 0.931. The van der Waals surface area contributed by atoms with Gasteiger partial charge in [-0.2, -0.15) is 0 Å². The lowest BCUT2D eigenvalue weighted by Crippen LogP contribution is -2.15. The minimum absolute atomic E-state index is 0.0606. The summed E-state index contributed by atoms with van der Waals surface area (Å²) in [5.74, 6) is -1.21. The Bertz CT molecular complexity index is 597. The molecule has 0 aromatic rings. The van der Waals surface area contributed by atoms with Gasteiger partial charge < -0.3 is 61.9 Å². The van der Waals surface area contributed by atoms with Crippen LogP contribution in [0.5, 0.6) is 0 Å². The summed E-state index contributed by atoms with van der Waals surface area (Å²) in [6.45, 7) is 10.3. The van der Waals surface area contributed by atoms with Crippen molar-refractivity contribution in [2.45, 2.75) is 25.7 Å². The summed E-state index contributed by atoms with van der Waals surface area (Å²) < 4.78 is 63.9. The van der Waals surface area contributed by atoms with Crippen molar-refractivity contribution in [3.8, 4) is 0 Å². The van der Waals surface area contributed by atoms with Crippen LogP contribution in [-0.2, 0) is 66.4 Å². The molecule has 0 atom stereocenters. The average Bonchev–Trinajstić information content (AvgIpc) is 3.01. The van der Waals surface area contributed by atoms with E-state index in [1.807, 2.05) is 0 Å². The summed E-state index contributed by atoms with van der Waals surface area (Å²) in [5, 5.41) is 8.54. The van der Waals surface area contributed by atoms with E-state index in [9.17, 15) is 9.59 Å². The summed E-state index contributed by atoms with van der Waals surface area (Å²) >= 11 is 0. The number of esters is 1. The van der Waals surface area contributed by atoms with Gasteiger partial charge in [-0.15, -0.1) is 0 Å². The lowest BCUT2D eigenvalue weighted by molar-refractivity contribution is -0.146. The van der Waals surface area contributed by atoms with E-state index in [0.29, 0.717) is 145 Å². The molecule has 0 saturated heterocycles. The second kappa shape index (κ2) is 37.7. The molecule has 0 rings (SSSR count). The summed E-state index contributed by atoms with van der Waals surface area (Å²) in [6.07, 6.45) is 1.24. The molecule has 0 spiro atoms. The fourth-order valence-corrected chi connectivity index (χ4v) is 3.06. The zero-order chi connectivity index (χ0) is 32.0. The molecule has 44 heavy (non-hydrogen) atoms. The molecule has 0 amide bonds. The molecule has 0 bridgehead atoms. The number of carboxylic acid groups (broad SMARTS) is 1. The number of aliphatic carboxylic acids is 1. The first-order valence-corrected chi connectivity index (χ1v) is 15.3. The standard InChI is InChI=1S/C29H56O15/c1-33-6-7-34-8-9-35-10-11-36-12-13-37-14-15-38-16-17-39-18-19-40-20-21-41-22-23-42-24-25-43-26-27-44-29(32)5-3-2-4-28(30)31/h2-27H2,1H3,(H,30,31). The van der Waals surface area contributed by atoms with Gasteiger partial charge in [-0.25, -0.2) is 0 Å². The Labute approximate surface area is 261 Å². The Balaban J connectivity index is 3.09. The van der Waals surface area contributed by atoms with Gasteiger partial charge in [-0.05, 0) is 12.8 Å². The Morgan fingerprint density at radius 1 is 0.386 bits per heavy atom. The highest BCUT2D eigenvalue weighted by Crippen LogP contribution is 2.01. The quantitative estimate of drug-likeness (QED) is 0.0746. The van der Waals surface area contributed by atoms with Crippen LogP contribution < -0.4 is 0 Å². The van der Waals surface area contributed by atoms with Crippen LogP contribution in [0.25, 0.3) is 0 Å². The van der Waals surface area contributed by atoms with Gasteiger partial charge in [0.15, 0.2) is 0 Å². The molecule has 0 fully saturated rings. The Morgan fingerprint density at radius 2 is 0.636 bits per heavy atom. The van der Waals surface area contributed by atoms with Gasteiger partial charge in [-0.1, -0.05) is 0 Å². The van der Waals surface area contributed by atoms with Crippen molar-refractivity contribution in [2.75, 3.05) is 152 Å². The molecule has 0 unspecified atom stereocenters. The number of methoxy groups -OCH3 is 1. The van der Waals surface area contributed by atoms with E-state index >= 15 is 0 Å². The molecule has 0 saturated carbocycles. The maximum Gasteiger partial charge on any atom is 0.305 e. The van der Waals surface area contributed by atoms with Crippen LogP contribution in [-0.4, -0.2) is 170 Å². The molecule has 0 aliphatic rings. The van der Waals surface area contributed by atoms with Crippen molar-refractivity contribution < 1.29 is 71.5 Å². The van der Waals surface area contributed by atoms with Crippen LogP contribution in [0.15, 0.2) is 0 Å². The van der Waals surface area contributed by atoms with Crippen molar-refractivity contribution in [3.05, 3.63) is 0 Å². The molecule has 262 valence electrons. The normalized spacial score (nSPS) is 11.3. The van der Waals surface area contributed by atoms with Gasteiger partial charge in [0.1, 0.15) is 6.61 Å². The average molecular weight is 645 g/mol. The van der Waals surface area contributed by atoms with Crippen molar-refractivity contribution >= 4 is 11.9 Å². The first kappa shape index (κ1) is 42.5. The lowest BCUT2D eigenvalue weighted by atomic mass is 10.2. The highest BCUT2D eigenvalue weighted by Gasteiger charge is 2.04. The van der Waals surface area contributed by atoms with Gasteiger partial charge in [0, 0.05) is 20.0 Å². The molecule has 1 N–H and O–H groups in total. The van der Waals surface area contributed by atoms with Crippen molar-refractivity contribution in [3.63, 3.8) is 0 Å². The summed E-state index contributed by atoms with van der Waals surface area (Å²) in [7, 11) is 1.64. The minimum Gasteiger partial charge on any atom is -0.481 e. The highest BCUT2D eigenvalue weighted by atomic mass is 16.6. The molecule has 0 heterocycles. The van der Waals surface area contributed by atoms with Gasteiger partial charge in [-0.3, -0.25) is 9.59 Å². The van der Waals surface area contributed by atoms with E-state index in [2.05, 4.69) is 0 Å². The molecular weight excluding hydrogens is 588 g/mol. The predicted octanol–water partition coefficient (Wildman–Crippen LogP) is 0.987. The lowest BCUT2D eigenvalue weighted by Gasteiger charge is -2.09. The van der Waals surface area contributed by atoms with Gasteiger partial charge >= 0.3 is 11.9 Å². The number of carbonyl (C=O) groups excluding carboxylic acids is 1. The van der Waals surface area contributed by atoms with E-state index in [0.717, 1.165) is 0 Å². The molecule has 0 aliphatic heterocycles. The summed E-state index contributed by atoms with van der Waals surface area (Å²) in [5.41, 5.74) is 0. The van der Waals surface area contributed by atoms with Crippen LogP contribution in [0.3, 0.4) is 0 Å². The third kappa shape index (κ3) is 38.5. The molecule has 0 aromatic carbocycles. The first-order chi connectivity index (χ1) is 21.7. The maximum absolute atomic E-state index is 11.5. The molecule has 0 radical (unpaired) electrons. The van der Waals surface area contributed by atoms with Gasteiger partial charge in [0.2, 0.25) is 0 Å². The number of hydrogen-bond acceptors (Lipinski definition) is 14. The number of rotatable bonds is 38. The Morgan fingerprint density at radius 3 is 0.909 bits per heavy atom. The Hall–Kier alpha value is -1.50. The van der Waals surface area contributed by atoms with Crippen LogP contribution in [0.2, 0.25) is 0 Å². The minimum atomic E-state index is -0.863. The largest absolute Gasteiger partial charge is 0.481 e. The van der Waals surface area contributed by atoms with E-state index in [1.165, 1.54) is 0 Å². The summed E-state index contributed by atoms with van der Waals surface area (Å²) in [6, 6.07) is 0. The number of hydrogen-bond donors (Lipinski definition) is 1. The fourth-order valence-electron chi connectivity index (χ4n) is 3.06. The first-order valence-electron chi connectivity index (χ1n) is 15.3. The SMILES string of the molecule is COCCOCCOCCOCCOCCOCCOCCOCCOCCOCCOCCOC(=O)CCCCC(=O)O. The van der Waals surface area contributed by atoms with Gasteiger partial charge in [0.25, 0.3) is 0 Å². The third-order valence-electron chi connectivity index (χ3n) is 5.29. The van der Waals surface area contributed by atoms with E-state index in [4.69, 9.17) is 61.9 Å². The van der Waals surface area contributed by atoms with Crippen molar-refractivity contribution in [1.29, 1.82) is 0 Å². The third-order valence-corrected chi connectivity index (χ3v) is 5.29. The molecule has 0 aromatic heterocycles. The van der Waals surface area contributed by atoms with E-state index < -0.39 is 5.97 Å². The van der Waals surface area contributed by atoms with Crippen LogP contribution in [0.4, 0.5) is 0 Å². The maximum atomic E-state index is 11.5. The molecular formula is C29H56O15. The van der Waals surface area contributed by atoms with E-state index in [-0.39, 0.29) is 32.0 Å². The molecule has 15 nitrogen and oxygen atoms in total. The second-order valence-electron chi connectivity index (χ2n) is 8.94. The van der Waals surface area contributed by atoms with E-state index in [1.54, 1.807) is 7.11 Å². The number of carbonyl (C=O) groups is 2. The van der Waals surface area contributed by atoms with Crippen LogP contribution in [0.1, 0.15) is 25.7 Å². The predicted molar refractivity (Wildman–Crippen MR) is 157 cm³/mol. The van der Waals surface area contributed by atoms with Crippen LogP contribution >= 0.6 is 0 Å². The molecule has 15 heteroatoms. The summed E-state index contributed by atoms with van der Waals surface area (Å²) in [4.78, 5) is 21.9. The monoisotopic (exact) mass is 644 g/mol. The zero-order valence-electron chi connectivity index (χ0n) is 26.5. The second-order valence-corrected chi connectivity index (χ2v) is 8.94. The smallest absolute Gasteiger partial charge is 0.305 e.